The highest BCUT2D eigenvalue weighted by Gasteiger charge is 2.59. The number of fused-ring (bicyclic) bond motifs is 5. The van der Waals surface area contributed by atoms with E-state index in [2.05, 4.69) is 13.8 Å². The van der Waals surface area contributed by atoms with E-state index in [-0.39, 0.29) is 29.0 Å². The van der Waals surface area contributed by atoms with E-state index in [9.17, 15) is 15.3 Å². The lowest BCUT2D eigenvalue weighted by Gasteiger charge is -2.59. The topological polar surface area (TPSA) is 60.7 Å². The van der Waals surface area contributed by atoms with Crippen molar-refractivity contribution in [2.75, 3.05) is 0 Å². The van der Waals surface area contributed by atoms with E-state index in [4.69, 9.17) is 0 Å². The number of allylic oxidation sites excluding steroid dienone is 2. The molecule has 122 valence electrons. The number of hydrogen-bond donors (Lipinski definition) is 3. The Morgan fingerprint density at radius 2 is 1.77 bits per heavy atom. The van der Waals surface area contributed by atoms with E-state index in [1.807, 2.05) is 12.2 Å². The van der Waals surface area contributed by atoms with Crippen LogP contribution in [0.25, 0.3) is 0 Å². The van der Waals surface area contributed by atoms with Gasteiger partial charge in [-0.1, -0.05) is 25.5 Å². The molecule has 4 rings (SSSR count). The molecular formula is C19H28O3. The maximum Gasteiger partial charge on any atom is 0.0944 e. The van der Waals surface area contributed by atoms with E-state index in [0.717, 1.165) is 32.1 Å². The molecule has 0 radical (unpaired) electrons. The summed E-state index contributed by atoms with van der Waals surface area (Å²) in [7, 11) is 0. The van der Waals surface area contributed by atoms with Gasteiger partial charge in [0, 0.05) is 5.41 Å². The summed E-state index contributed by atoms with van der Waals surface area (Å²) in [5, 5.41) is 31.2. The molecule has 3 heteroatoms. The highest BCUT2D eigenvalue weighted by atomic mass is 16.3. The Bertz CT molecular complexity index is 551. The molecule has 0 aromatic heterocycles. The molecule has 3 N–H and O–H groups in total. The summed E-state index contributed by atoms with van der Waals surface area (Å²) in [5.41, 5.74) is 1.27. The van der Waals surface area contributed by atoms with Crippen molar-refractivity contribution in [1.29, 1.82) is 0 Å². The fourth-order valence-corrected chi connectivity index (χ4v) is 6.23. The molecule has 0 bridgehead atoms. The fraction of sp³-hybridized carbons (Fsp3) is 0.789. The number of hydrogen-bond acceptors (Lipinski definition) is 3. The van der Waals surface area contributed by atoms with E-state index in [1.54, 1.807) is 0 Å². The molecule has 0 spiro atoms. The van der Waals surface area contributed by atoms with Gasteiger partial charge >= 0.3 is 0 Å². The second-order valence-electron chi connectivity index (χ2n) is 8.56. The lowest BCUT2D eigenvalue weighted by Crippen LogP contribution is -2.55. The summed E-state index contributed by atoms with van der Waals surface area (Å²) in [6.07, 6.45) is 8.87. The largest absolute Gasteiger partial charge is 0.512 e. The summed E-state index contributed by atoms with van der Waals surface area (Å²) in [4.78, 5) is 0. The standard InChI is InChI=1S/C19H28O3/c1-18-7-5-12(20)9-11(18)10-15(21)17-13-3-4-16(22)19(13,2)8-6-14(17)18/h4,9,12-15,17,20-22H,3,5-8,10H2,1-2H3/t12-,13-,14-,15-,17-,18-,19-/m0/s1. The zero-order valence-electron chi connectivity index (χ0n) is 13.6. The van der Waals surface area contributed by atoms with Crippen molar-refractivity contribution >= 4 is 0 Å². The van der Waals surface area contributed by atoms with Crippen LogP contribution in [-0.4, -0.2) is 27.5 Å². The van der Waals surface area contributed by atoms with Gasteiger partial charge in [0.25, 0.3) is 0 Å². The molecule has 3 nitrogen and oxygen atoms in total. The van der Waals surface area contributed by atoms with Crippen molar-refractivity contribution in [2.24, 2.45) is 28.6 Å². The Hall–Kier alpha value is -0.800. The van der Waals surface area contributed by atoms with Crippen LogP contribution in [0.4, 0.5) is 0 Å². The average Bonchev–Trinajstić information content (AvgIpc) is 2.77. The zero-order valence-corrected chi connectivity index (χ0v) is 13.6. The molecule has 0 aliphatic heterocycles. The monoisotopic (exact) mass is 304 g/mol. The predicted molar refractivity (Wildman–Crippen MR) is 85.2 cm³/mol. The van der Waals surface area contributed by atoms with Gasteiger partial charge in [-0.25, -0.2) is 0 Å². The number of aliphatic hydroxyl groups is 3. The molecule has 0 amide bonds. The summed E-state index contributed by atoms with van der Waals surface area (Å²) in [5.74, 6) is 1.67. The second-order valence-corrected chi connectivity index (χ2v) is 8.56. The van der Waals surface area contributed by atoms with E-state index < -0.39 is 0 Å². The van der Waals surface area contributed by atoms with Crippen molar-refractivity contribution < 1.29 is 15.3 Å². The minimum Gasteiger partial charge on any atom is -0.512 e. The average molecular weight is 304 g/mol. The third-order valence-electron chi connectivity index (χ3n) is 7.65. The van der Waals surface area contributed by atoms with Gasteiger partial charge in [-0.05, 0) is 67.8 Å². The lowest BCUT2D eigenvalue weighted by atomic mass is 9.46. The lowest BCUT2D eigenvalue weighted by molar-refractivity contribution is -0.104. The van der Waals surface area contributed by atoms with Gasteiger partial charge in [-0.3, -0.25) is 0 Å². The second kappa shape index (κ2) is 4.61. The highest BCUT2D eigenvalue weighted by Crippen LogP contribution is 2.65. The molecule has 4 aliphatic rings. The summed E-state index contributed by atoms with van der Waals surface area (Å²) in [6.45, 7) is 4.52. The van der Waals surface area contributed by atoms with E-state index in [1.165, 1.54) is 5.57 Å². The third-order valence-corrected chi connectivity index (χ3v) is 7.65. The molecule has 0 aromatic rings. The first-order valence-corrected chi connectivity index (χ1v) is 8.83. The first-order chi connectivity index (χ1) is 10.4. The maximum atomic E-state index is 10.9. The molecule has 0 saturated heterocycles. The number of aliphatic hydroxyl groups excluding tert-OH is 3. The molecule has 2 saturated carbocycles. The number of rotatable bonds is 0. The third kappa shape index (κ3) is 1.75. The highest BCUT2D eigenvalue weighted by molar-refractivity contribution is 5.29. The predicted octanol–water partition coefficient (Wildman–Crippen LogP) is 3.33. The normalized spacial score (nSPS) is 53.9. The molecule has 7 atom stereocenters. The Kier molecular flexibility index (Phi) is 3.09. The first-order valence-electron chi connectivity index (χ1n) is 8.83. The van der Waals surface area contributed by atoms with Gasteiger partial charge in [-0.15, -0.1) is 0 Å². The van der Waals surface area contributed by atoms with Gasteiger partial charge in [0.05, 0.1) is 18.0 Å². The van der Waals surface area contributed by atoms with Crippen LogP contribution in [0.5, 0.6) is 0 Å². The zero-order chi connectivity index (χ0) is 15.7. The van der Waals surface area contributed by atoms with Crippen molar-refractivity contribution in [3.63, 3.8) is 0 Å². The van der Waals surface area contributed by atoms with Gasteiger partial charge in [0.2, 0.25) is 0 Å². The van der Waals surface area contributed by atoms with Crippen molar-refractivity contribution in [1.82, 2.24) is 0 Å². The van der Waals surface area contributed by atoms with Crippen LogP contribution in [0, 0.1) is 28.6 Å². The first kappa shape index (κ1) is 14.8. The maximum absolute atomic E-state index is 10.9. The molecule has 2 fully saturated rings. The van der Waals surface area contributed by atoms with Gasteiger partial charge in [0.15, 0.2) is 0 Å². The minimum absolute atomic E-state index is 0.128. The molecule has 4 aliphatic carbocycles. The molecule has 0 unspecified atom stereocenters. The van der Waals surface area contributed by atoms with E-state index in [0.29, 0.717) is 24.0 Å². The minimum atomic E-state index is -0.335. The van der Waals surface area contributed by atoms with Crippen LogP contribution in [0.2, 0.25) is 0 Å². The Labute approximate surface area is 132 Å². The SMILES string of the molecule is C[C@]12CC[C@H](O)C=C1C[C@H](O)[C@@H]1[C@@H]2CC[C@]2(C)C(O)=CC[C@@H]12. The molecule has 0 heterocycles. The van der Waals surface area contributed by atoms with Crippen LogP contribution in [0.1, 0.15) is 52.4 Å². The molecular weight excluding hydrogens is 276 g/mol. The Balaban J connectivity index is 1.73. The smallest absolute Gasteiger partial charge is 0.0944 e. The van der Waals surface area contributed by atoms with Gasteiger partial charge < -0.3 is 15.3 Å². The van der Waals surface area contributed by atoms with Gasteiger partial charge in [0.1, 0.15) is 0 Å². The molecule has 0 aromatic carbocycles. The summed E-state index contributed by atoms with van der Waals surface area (Å²) < 4.78 is 0. The summed E-state index contributed by atoms with van der Waals surface area (Å²) in [6, 6.07) is 0. The van der Waals surface area contributed by atoms with Crippen molar-refractivity contribution in [3.8, 4) is 0 Å². The summed E-state index contributed by atoms with van der Waals surface area (Å²) >= 11 is 0. The van der Waals surface area contributed by atoms with Crippen LogP contribution in [0.3, 0.4) is 0 Å². The van der Waals surface area contributed by atoms with Crippen molar-refractivity contribution in [2.45, 2.75) is 64.6 Å². The fourth-order valence-electron chi connectivity index (χ4n) is 6.23. The van der Waals surface area contributed by atoms with Crippen molar-refractivity contribution in [3.05, 3.63) is 23.5 Å². The van der Waals surface area contributed by atoms with Crippen LogP contribution >= 0.6 is 0 Å². The Morgan fingerprint density at radius 3 is 2.55 bits per heavy atom. The van der Waals surface area contributed by atoms with Gasteiger partial charge in [-0.2, -0.15) is 0 Å². The van der Waals surface area contributed by atoms with Crippen LogP contribution < -0.4 is 0 Å². The molecule has 22 heavy (non-hydrogen) atoms. The quantitative estimate of drug-likeness (QED) is 0.602. The van der Waals surface area contributed by atoms with E-state index >= 15 is 0 Å². The Morgan fingerprint density at radius 1 is 1.05 bits per heavy atom. The van der Waals surface area contributed by atoms with Crippen LogP contribution in [0.15, 0.2) is 23.5 Å². The van der Waals surface area contributed by atoms with Crippen LogP contribution in [-0.2, 0) is 0 Å².